The first-order valence-electron chi connectivity index (χ1n) is 8.23. The van der Waals surface area contributed by atoms with Crippen LogP contribution in [0.5, 0.6) is 11.5 Å². The summed E-state index contributed by atoms with van der Waals surface area (Å²) >= 11 is 0. The van der Waals surface area contributed by atoms with Gasteiger partial charge in [-0.1, -0.05) is 19.8 Å². The molecule has 0 aliphatic heterocycles. The monoisotopic (exact) mass is 335 g/mol. The van der Waals surface area contributed by atoms with Gasteiger partial charge in [-0.15, -0.1) is 0 Å². The number of anilines is 1. The van der Waals surface area contributed by atoms with E-state index in [9.17, 15) is 14.7 Å². The van der Waals surface area contributed by atoms with Gasteiger partial charge in [-0.3, -0.25) is 4.79 Å². The zero-order valence-corrected chi connectivity index (χ0v) is 14.4. The first-order valence-corrected chi connectivity index (χ1v) is 8.23. The van der Waals surface area contributed by atoms with Crippen LogP contribution in [0.3, 0.4) is 0 Å². The van der Waals surface area contributed by atoms with Crippen LogP contribution in [0, 0.1) is 11.8 Å². The van der Waals surface area contributed by atoms with Crippen molar-refractivity contribution in [3.05, 3.63) is 17.7 Å². The van der Waals surface area contributed by atoms with Crippen molar-refractivity contribution in [2.45, 2.75) is 39.0 Å². The standard InChI is InChI=1S/C18H25NO5/c1-11-5-4-6-12(7-11)8-16(20)19-14-9-13(18(21)22)10-15(23-2)17(14)24-3/h9-12H,4-8H2,1-3H3,(H,19,20)(H,21,22). The van der Waals surface area contributed by atoms with Crippen molar-refractivity contribution in [1.82, 2.24) is 0 Å². The molecule has 2 unspecified atom stereocenters. The van der Waals surface area contributed by atoms with Crippen LogP contribution in [0.4, 0.5) is 5.69 Å². The number of rotatable bonds is 6. The van der Waals surface area contributed by atoms with Crippen molar-refractivity contribution in [3.8, 4) is 11.5 Å². The summed E-state index contributed by atoms with van der Waals surface area (Å²) in [5.74, 6) is 0.419. The van der Waals surface area contributed by atoms with Crippen molar-refractivity contribution in [2.75, 3.05) is 19.5 Å². The molecule has 1 fully saturated rings. The summed E-state index contributed by atoms with van der Waals surface area (Å²) in [4.78, 5) is 23.6. The van der Waals surface area contributed by atoms with Gasteiger partial charge >= 0.3 is 5.97 Å². The largest absolute Gasteiger partial charge is 0.493 e. The fourth-order valence-electron chi connectivity index (χ4n) is 3.39. The molecular weight excluding hydrogens is 310 g/mol. The highest BCUT2D eigenvalue weighted by molar-refractivity contribution is 5.96. The highest BCUT2D eigenvalue weighted by Gasteiger charge is 2.23. The summed E-state index contributed by atoms with van der Waals surface area (Å²) in [7, 11) is 2.88. The summed E-state index contributed by atoms with van der Waals surface area (Å²) in [5.41, 5.74) is 0.359. The van der Waals surface area contributed by atoms with Crippen LogP contribution in [0.1, 0.15) is 49.4 Å². The third kappa shape index (κ3) is 4.40. The molecule has 0 bridgehead atoms. The minimum absolute atomic E-state index is 0.0363. The number of methoxy groups -OCH3 is 2. The molecule has 24 heavy (non-hydrogen) atoms. The second-order valence-corrected chi connectivity index (χ2v) is 6.45. The summed E-state index contributed by atoms with van der Waals surface area (Å²) in [6.07, 6.45) is 4.94. The van der Waals surface area contributed by atoms with E-state index in [1.165, 1.54) is 32.8 Å². The lowest BCUT2D eigenvalue weighted by atomic mass is 9.81. The molecule has 1 saturated carbocycles. The summed E-state index contributed by atoms with van der Waals surface area (Å²) < 4.78 is 10.5. The Hall–Kier alpha value is -2.24. The lowest BCUT2D eigenvalue weighted by Crippen LogP contribution is -2.21. The SMILES string of the molecule is COc1cc(C(=O)O)cc(NC(=O)CC2CCCC(C)C2)c1OC. The van der Waals surface area contributed by atoms with Crippen molar-refractivity contribution in [3.63, 3.8) is 0 Å². The molecule has 132 valence electrons. The van der Waals surface area contributed by atoms with Crippen molar-refractivity contribution >= 4 is 17.6 Å². The Morgan fingerprint density at radius 3 is 2.58 bits per heavy atom. The highest BCUT2D eigenvalue weighted by atomic mass is 16.5. The van der Waals surface area contributed by atoms with E-state index in [4.69, 9.17) is 9.47 Å². The number of hydrogen-bond acceptors (Lipinski definition) is 4. The molecule has 0 spiro atoms. The number of amides is 1. The van der Waals surface area contributed by atoms with E-state index in [0.29, 0.717) is 29.7 Å². The predicted octanol–water partition coefficient (Wildman–Crippen LogP) is 3.56. The normalized spacial score (nSPS) is 20.3. The lowest BCUT2D eigenvalue weighted by molar-refractivity contribution is -0.117. The zero-order chi connectivity index (χ0) is 17.7. The first-order chi connectivity index (χ1) is 11.4. The maximum Gasteiger partial charge on any atom is 0.335 e. The third-order valence-electron chi connectivity index (χ3n) is 4.52. The van der Waals surface area contributed by atoms with E-state index < -0.39 is 5.97 Å². The van der Waals surface area contributed by atoms with Gasteiger partial charge in [-0.25, -0.2) is 4.79 Å². The number of carboxylic acid groups (broad SMARTS) is 1. The molecule has 1 aliphatic rings. The molecule has 1 amide bonds. The van der Waals surface area contributed by atoms with Crippen LogP contribution in [0.15, 0.2) is 12.1 Å². The van der Waals surface area contributed by atoms with Gasteiger partial charge in [0.2, 0.25) is 5.91 Å². The quantitative estimate of drug-likeness (QED) is 0.830. The predicted molar refractivity (Wildman–Crippen MR) is 90.9 cm³/mol. The molecule has 1 aliphatic carbocycles. The van der Waals surface area contributed by atoms with E-state index >= 15 is 0 Å². The molecular formula is C18H25NO5. The van der Waals surface area contributed by atoms with Crippen molar-refractivity contribution in [1.29, 1.82) is 0 Å². The average Bonchev–Trinajstić information content (AvgIpc) is 2.53. The number of aromatic carboxylic acids is 1. The number of nitrogens with one attached hydrogen (secondary N) is 1. The number of carbonyl (C=O) groups is 2. The molecule has 0 radical (unpaired) electrons. The summed E-state index contributed by atoms with van der Waals surface area (Å²) in [6.45, 7) is 2.22. The van der Waals surface area contributed by atoms with E-state index in [-0.39, 0.29) is 17.2 Å². The molecule has 1 aromatic carbocycles. The van der Waals surface area contributed by atoms with Crippen LogP contribution in [0.2, 0.25) is 0 Å². The number of carboxylic acids is 1. The average molecular weight is 335 g/mol. The van der Waals surface area contributed by atoms with Crippen LogP contribution in [-0.4, -0.2) is 31.2 Å². The molecule has 1 aromatic rings. The van der Waals surface area contributed by atoms with Gasteiger partial charge in [0, 0.05) is 6.42 Å². The minimum atomic E-state index is -1.09. The highest BCUT2D eigenvalue weighted by Crippen LogP contribution is 2.37. The van der Waals surface area contributed by atoms with Crippen molar-refractivity contribution < 1.29 is 24.2 Å². The second-order valence-electron chi connectivity index (χ2n) is 6.45. The number of carbonyl (C=O) groups excluding carboxylic acids is 1. The van der Waals surface area contributed by atoms with E-state index in [1.54, 1.807) is 0 Å². The molecule has 2 rings (SSSR count). The Morgan fingerprint density at radius 1 is 1.25 bits per heavy atom. The van der Waals surface area contributed by atoms with Gasteiger partial charge in [0.15, 0.2) is 11.5 Å². The Balaban J connectivity index is 2.16. The van der Waals surface area contributed by atoms with E-state index in [2.05, 4.69) is 12.2 Å². The zero-order valence-electron chi connectivity index (χ0n) is 14.4. The molecule has 2 N–H and O–H groups in total. The molecule has 2 atom stereocenters. The number of ether oxygens (including phenoxy) is 2. The first kappa shape index (κ1) is 18.1. The topological polar surface area (TPSA) is 84.9 Å². The van der Waals surface area contributed by atoms with Gasteiger partial charge in [-0.2, -0.15) is 0 Å². The Bertz CT molecular complexity index is 614. The Labute approximate surface area is 142 Å². The molecule has 6 heteroatoms. The van der Waals surface area contributed by atoms with Crippen LogP contribution in [0.25, 0.3) is 0 Å². The van der Waals surface area contributed by atoms with Crippen molar-refractivity contribution in [2.24, 2.45) is 11.8 Å². The third-order valence-corrected chi connectivity index (χ3v) is 4.52. The maximum atomic E-state index is 12.4. The molecule has 0 saturated heterocycles. The minimum Gasteiger partial charge on any atom is -0.493 e. The van der Waals surface area contributed by atoms with Crippen LogP contribution in [-0.2, 0) is 4.79 Å². The molecule has 6 nitrogen and oxygen atoms in total. The fraction of sp³-hybridized carbons (Fsp3) is 0.556. The van der Waals surface area contributed by atoms with Crippen LogP contribution >= 0.6 is 0 Å². The fourth-order valence-corrected chi connectivity index (χ4v) is 3.39. The second kappa shape index (κ2) is 8.04. The van der Waals surface area contributed by atoms with E-state index in [0.717, 1.165) is 19.3 Å². The Morgan fingerprint density at radius 2 is 2.00 bits per heavy atom. The number of hydrogen-bond donors (Lipinski definition) is 2. The van der Waals surface area contributed by atoms with Gasteiger partial charge in [0.1, 0.15) is 0 Å². The molecule has 0 aromatic heterocycles. The van der Waals surface area contributed by atoms with Gasteiger partial charge < -0.3 is 19.9 Å². The smallest absolute Gasteiger partial charge is 0.335 e. The van der Waals surface area contributed by atoms with Gasteiger partial charge in [0.25, 0.3) is 0 Å². The Kier molecular flexibility index (Phi) is 6.06. The van der Waals surface area contributed by atoms with Gasteiger partial charge in [-0.05, 0) is 36.8 Å². The molecule has 0 heterocycles. The van der Waals surface area contributed by atoms with Crippen LogP contribution < -0.4 is 14.8 Å². The summed E-state index contributed by atoms with van der Waals surface area (Å²) in [5, 5.41) is 12.0. The van der Waals surface area contributed by atoms with E-state index in [1.807, 2.05) is 0 Å². The number of benzene rings is 1. The maximum absolute atomic E-state index is 12.4. The van der Waals surface area contributed by atoms with Gasteiger partial charge in [0.05, 0.1) is 25.5 Å². The summed E-state index contributed by atoms with van der Waals surface area (Å²) in [6, 6.07) is 2.77. The lowest BCUT2D eigenvalue weighted by Gasteiger charge is -2.26.